The monoisotopic (exact) mass is 336 g/mol. The van der Waals surface area contributed by atoms with Crippen LogP contribution in [0.3, 0.4) is 0 Å². The Morgan fingerprint density at radius 1 is 1.41 bits per heavy atom. The normalized spacial score (nSPS) is 13.8. The molecule has 2 aromatic heterocycles. The van der Waals surface area contributed by atoms with Crippen molar-refractivity contribution in [2.45, 2.75) is 55.1 Å². The molecule has 7 heteroatoms. The van der Waals surface area contributed by atoms with E-state index in [1.807, 2.05) is 12.6 Å². The van der Waals surface area contributed by atoms with Crippen LogP contribution in [0.1, 0.15) is 43.3 Å². The largest absolute Gasteiger partial charge is 0.330 e. The fraction of sp³-hybridized carbons (Fsp3) is 0.533. The minimum atomic E-state index is 0.0347. The Hall–Kier alpha value is -1.21. The van der Waals surface area contributed by atoms with Gasteiger partial charge in [-0.05, 0) is 39.4 Å². The van der Waals surface area contributed by atoms with Gasteiger partial charge in [-0.1, -0.05) is 11.8 Å². The SMILES string of the molecule is CSc1ncn(C(C)C)c1CSc1nc2c(c(=O)[nH]1)CCC2. The average Bonchev–Trinajstić information content (AvgIpc) is 3.11. The highest BCUT2D eigenvalue weighted by atomic mass is 32.2. The summed E-state index contributed by atoms with van der Waals surface area (Å²) in [6.45, 7) is 4.30. The summed E-state index contributed by atoms with van der Waals surface area (Å²) >= 11 is 3.23. The van der Waals surface area contributed by atoms with Crippen LogP contribution in [0.15, 0.2) is 21.3 Å². The molecule has 0 fully saturated rings. The molecule has 0 bridgehead atoms. The summed E-state index contributed by atoms with van der Waals surface area (Å²) in [4.78, 5) is 24.1. The van der Waals surface area contributed by atoms with Gasteiger partial charge in [0.1, 0.15) is 5.03 Å². The van der Waals surface area contributed by atoms with E-state index in [2.05, 4.69) is 33.4 Å². The highest BCUT2D eigenvalue weighted by Gasteiger charge is 2.18. The predicted molar refractivity (Wildman–Crippen MR) is 90.8 cm³/mol. The van der Waals surface area contributed by atoms with Crippen LogP contribution in [0.2, 0.25) is 0 Å². The topological polar surface area (TPSA) is 63.6 Å². The fourth-order valence-corrected chi connectivity index (χ4v) is 4.30. The molecule has 5 nitrogen and oxygen atoms in total. The Labute approximate surface area is 138 Å². The quantitative estimate of drug-likeness (QED) is 0.671. The number of fused-ring (bicyclic) bond motifs is 1. The number of aromatic nitrogens is 4. The summed E-state index contributed by atoms with van der Waals surface area (Å²) in [6.07, 6.45) is 6.75. The number of aromatic amines is 1. The highest BCUT2D eigenvalue weighted by Crippen LogP contribution is 2.28. The minimum Gasteiger partial charge on any atom is -0.330 e. The van der Waals surface area contributed by atoms with E-state index in [0.29, 0.717) is 11.2 Å². The third-order valence-electron chi connectivity index (χ3n) is 3.87. The number of imidazole rings is 1. The van der Waals surface area contributed by atoms with Gasteiger partial charge in [-0.2, -0.15) is 0 Å². The average molecular weight is 336 g/mol. The smallest absolute Gasteiger partial charge is 0.254 e. The minimum absolute atomic E-state index is 0.0347. The van der Waals surface area contributed by atoms with Crippen molar-refractivity contribution in [2.24, 2.45) is 0 Å². The van der Waals surface area contributed by atoms with Gasteiger partial charge in [0.2, 0.25) is 0 Å². The number of H-pyrrole nitrogens is 1. The van der Waals surface area contributed by atoms with Crippen LogP contribution in [0.25, 0.3) is 0 Å². The summed E-state index contributed by atoms with van der Waals surface area (Å²) in [7, 11) is 0. The zero-order valence-electron chi connectivity index (χ0n) is 13.0. The number of thioether (sulfide) groups is 2. The molecule has 0 saturated heterocycles. The van der Waals surface area contributed by atoms with Gasteiger partial charge < -0.3 is 9.55 Å². The van der Waals surface area contributed by atoms with Crippen molar-refractivity contribution in [3.8, 4) is 0 Å². The third-order valence-corrected chi connectivity index (χ3v) is 5.49. The molecule has 0 atom stereocenters. The summed E-state index contributed by atoms with van der Waals surface area (Å²) < 4.78 is 2.18. The molecule has 3 rings (SSSR count). The standard InChI is InChI=1S/C15H20N4OS2/c1-9(2)19-8-16-14(21-3)12(19)7-22-15-17-11-6-4-5-10(11)13(20)18-15/h8-9H,4-7H2,1-3H3,(H,17,18,20). The highest BCUT2D eigenvalue weighted by molar-refractivity contribution is 7.99. The van der Waals surface area contributed by atoms with Gasteiger partial charge in [0.05, 0.1) is 17.7 Å². The van der Waals surface area contributed by atoms with E-state index in [0.717, 1.165) is 41.3 Å². The van der Waals surface area contributed by atoms with Crippen molar-refractivity contribution in [3.05, 3.63) is 33.6 Å². The van der Waals surface area contributed by atoms with Crippen molar-refractivity contribution in [1.29, 1.82) is 0 Å². The second kappa shape index (κ2) is 6.50. The molecular weight excluding hydrogens is 316 g/mol. The molecule has 2 heterocycles. The van der Waals surface area contributed by atoms with Crippen LogP contribution < -0.4 is 5.56 Å². The summed E-state index contributed by atoms with van der Waals surface area (Å²) in [6, 6.07) is 0.371. The molecule has 1 aliphatic carbocycles. The lowest BCUT2D eigenvalue weighted by Crippen LogP contribution is -2.15. The van der Waals surface area contributed by atoms with Gasteiger partial charge in [0.15, 0.2) is 5.16 Å². The first-order valence-electron chi connectivity index (χ1n) is 7.44. The molecule has 0 radical (unpaired) electrons. The molecule has 1 aliphatic rings. The first kappa shape index (κ1) is 15.7. The summed E-state index contributed by atoms with van der Waals surface area (Å²) in [5.74, 6) is 0.760. The molecule has 0 amide bonds. The van der Waals surface area contributed by atoms with Crippen molar-refractivity contribution in [1.82, 2.24) is 19.5 Å². The molecule has 0 spiro atoms. The van der Waals surface area contributed by atoms with Gasteiger partial charge in [0.25, 0.3) is 5.56 Å². The van der Waals surface area contributed by atoms with Gasteiger partial charge in [0, 0.05) is 17.4 Å². The van der Waals surface area contributed by atoms with Gasteiger partial charge >= 0.3 is 0 Å². The molecule has 0 aromatic carbocycles. The number of hydrogen-bond donors (Lipinski definition) is 1. The second-order valence-electron chi connectivity index (χ2n) is 5.64. The van der Waals surface area contributed by atoms with E-state index < -0.39 is 0 Å². The Kier molecular flexibility index (Phi) is 4.63. The van der Waals surface area contributed by atoms with Gasteiger partial charge in [-0.15, -0.1) is 11.8 Å². The van der Waals surface area contributed by atoms with Crippen LogP contribution >= 0.6 is 23.5 Å². The van der Waals surface area contributed by atoms with Crippen LogP contribution in [0.5, 0.6) is 0 Å². The lowest BCUT2D eigenvalue weighted by atomic mass is 10.3. The van der Waals surface area contributed by atoms with Gasteiger partial charge in [-0.25, -0.2) is 9.97 Å². The molecule has 0 unspecified atom stereocenters. The number of nitrogens with one attached hydrogen (secondary N) is 1. The maximum absolute atomic E-state index is 12.1. The maximum atomic E-state index is 12.1. The zero-order chi connectivity index (χ0) is 15.7. The number of nitrogens with zero attached hydrogens (tertiary/aromatic N) is 3. The molecule has 0 saturated carbocycles. The third kappa shape index (κ3) is 2.96. The van der Waals surface area contributed by atoms with E-state index in [9.17, 15) is 4.79 Å². The molecular formula is C15H20N4OS2. The Balaban J connectivity index is 1.83. The lowest BCUT2D eigenvalue weighted by molar-refractivity contribution is 0.581. The van der Waals surface area contributed by atoms with E-state index in [-0.39, 0.29) is 5.56 Å². The lowest BCUT2D eigenvalue weighted by Gasteiger charge is -2.12. The fourth-order valence-electron chi connectivity index (χ4n) is 2.75. The molecule has 2 aromatic rings. The van der Waals surface area contributed by atoms with Crippen molar-refractivity contribution in [3.63, 3.8) is 0 Å². The Bertz CT molecular complexity index is 736. The molecule has 1 N–H and O–H groups in total. The molecule has 0 aliphatic heterocycles. The van der Waals surface area contributed by atoms with Crippen LogP contribution in [0, 0.1) is 0 Å². The summed E-state index contributed by atoms with van der Waals surface area (Å²) in [5.41, 5.74) is 3.08. The Morgan fingerprint density at radius 3 is 2.95 bits per heavy atom. The first-order chi connectivity index (χ1) is 10.6. The van der Waals surface area contributed by atoms with E-state index in [4.69, 9.17) is 0 Å². The van der Waals surface area contributed by atoms with Crippen LogP contribution in [-0.2, 0) is 18.6 Å². The molecule has 22 heavy (non-hydrogen) atoms. The predicted octanol–water partition coefficient (Wildman–Crippen LogP) is 3.05. The van der Waals surface area contributed by atoms with Gasteiger partial charge in [-0.3, -0.25) is 4.79 Å². The molecule has 118 valence electrons. The van der Waals surface area contributed by atoms with Crippen molar-refractivity contribution < 1.29 is 0 Å². The number of rotatable bonds is 5. The van der Waals surface area contributed by atoms with Crippen molar-refractivity contribution >= 4 is 23.5 Å². The van der Waals surface area contributed by atoms with E-state index in [1.54, 1.807) is 23.5 Å². The van der Waals surface area contributed by atoms with Crippen LogP contribution in [0.4, 0.5) is 0 Å². The van der Waals surface area contributed by atoms with Crippen molar-refractivity contribution in [2.75, 3.05) is 6.26 Å². The Morgan fingerprint density at radius 2 is 2.23 bits per heavy atom. The second-order valence-corrected chi connectivity index (χ2v) is 7.40. The van der Waals surface area contributed by atoms with E-state index in [1.165, 1.54) is 5.69 Å². The zero-order valence-corrected chi connectivity index (χ0v) is 14.7. The number of hydrogen-bond acceptors (Lipinski definition) is 5. The summed E-state index contributed by atoms with van der Waals surface area (Å²) in [5, 5.41) is 1.76. The number of aryl methyl sites for hydroxylation is 1. The van der Waals surface area contributed by atoms with Crippen LogP contribution in [-0.4, -0.2) is 25.8 Å². The maximum Gasteiger partial charge on any atom is 0.254 e. The van der Waals surface area contributed by atoms with E-state index >= 15 is 0 Å². The first-order valence-corrected chi connectivity index (χ1v) is 9.65.